The lowest BCUT2D eigenvalue weighted by Crippen LogP contribution is -2.17. The van der Waals surface area contributed by atoms with E-state index in [0.29, 0.717) is 15.7 Å². The van der Waals surface area contributed by atoms with Crippen LogP contribution in [0.2, 0.25) is 0 Å². The molecule has 1 heterocycles. The molecule has 26 heavy (non-hydrogen) atoms. The van der Waals surface area contributed by atoms with Gasteiger partial charge >= 0.3 is 6.18 Å². The molecule has 1 aromatic heterocycles. The van der Waals surface area contributed by atoms with E-state index in [1.165, 1.54) is 0 Å². The third kappa shape index (κ3) is 3.96. The van der Waals surface area contributed by atoms with Crippen LogP contribution in [-0.2, 0) is 6.18 Å². The molecule has 0 saturated heterocycles. The molecule has 8 heteroatoms. The van der Waals surface area contributed by atoms with E-state index in [4.69, 9.17) is 0 Å². The Morgan fingerprint density at radius 2 is 1.85 bits per heavy atom. The minimum absolute atomic E-state index is 0.144. The molecule has 0 fully saturated rings. The first-order valence-corrected chi connectivity index (χ1v) is 9.07. The monoisotopic (exact) mass is 440 g/mol. The molecule has 1 N–H and O–H groups in total. The summed E-state index contributed by atoms with van der Waals surface area (Å²) in [5, 5.41) is 2.66. The van der Waals surface area contributed by atoms with Crippen molar-refractivity contribution in [3.63, 3.8) is 0 Å². The van der Waals surface area contributed by atoms with Crippen molar-refractivity contribution in [1.29, 1.82) is 0 Å². The van der Waals surface area contributed by atoms with E-state index in [0.717, 1.165) is 16.9 Å². The summed E-state index contributed by atoms with van der Waals surface area (Å²) < 4.78 is 40.7. The van der Waals surface area contributed by atoms with Gasteiger partial charge in [-0.15, -0.1) is 11.3 Å². The molecular formula is C18H12BrF3N2OS. The molecule has 0 spiro atoms. The number of thiazole rings is 1. The number of carbonyl (C=O) groups is 1. The number of benzene rings is 2. The van der Waals surface area contributed by atoms with Crippen LogP contribution >= 0.6 is 27.3 Å². The second kappa shape index (κ2) is 7.20. The highest BCUT2D eigenvalue weighted by Crippen LogP contribution is 2.38. The molecule has 0 unspecified atom stereocenters. The fraction of sp³-hybridized carbons (Fsp3) is 0.111. The smallest absolute Gasteiger partial charge is 0.320 e. The number of hydrogen-bond acceptors (Lipinski definition) is 3. The maximum atomic E-state index is 13.4. The average molecular weight is 441 g/mol. The van der Waals surface area contributed by atoms with Crippen LogP contribution in [0, 0.1) is 6.92 Å². The quantitative estimate of drug-likeness (QED) is 0.530. The normalized spacial score (nSPS) is 11.4. The van der Waals surface area contributed by atoms with Crippen molar-refractivity contribution in [2.24, 2.45) is 0 Å². The summed E-state index contributed by atoms with van der Waals surface area (Å²) in [4.78, 5) is 15.7. The van der Waals surface area contributed by atoms with Gasteiger partial charge in [-0.05, 0) is 40.5 Å². The molecule has 0 bridgehead atoms. The molecule has 0 aliphatic carbocycles. The molecule has 0 aliphatic rings. The number of anilines is 1. The number of rotatable bonds is 3. The number of amides is 1. The maximum absolute atomic E-state index is 13.4. The van der Waals surface area contributed by atoms with Crippen molar-refractivity contribution in [2.45, 2.75) is 13.1 Å². The summed E-state index contributed by atoms with van der Waals surface area (Å²) in [6, 6.07) is 13.6. The van der Waals surface area contributed by atoms with Gasteiger partial charge in [-0.3, -0.25) is 4.79 Å². The number of halogens is 4. The van der Waals surface area contributed by atoms with Crippen molar-refractivity contribution < 1.29 is 18.0 Å². The number of aryl methyl sites for hydroxylation is 1. The lowest BCUT2D eigenvalue weighted by atomic mass is 10.2. The zero-order valence-electron chi connectivity index (χ0n) is 13.4. The number of carbonyl (C=O) groups excluding carboxylic acids is 1. The van der Waals surface area contributed by atoms with Gasteiger partial charge < -0.3 is 5.32 Å². The molecule has 0 atom stereocenters. The predicted octanol–water partition coefficient (Wildman–Crippen LogP) is 6.15. The highest BCUT2D eigenvalue weighted by molar-refractivity contribution is 9.10. The molecule has 3 nitrogen and oxygen atoms in total. The number of aromatic nitrogens is 1. The summed E-state index contributed by atoms with van der Waals surface area (Å²) in [5.74, 6) is -0.846. The van der Waals surface area contributed by atoms with Crippen LogP contribution < -0.4 is 5.32 Å². The SMILES string of the molecule is Cc1ccc(NC(=O)c2sc(-c3ccccc3)nc2C(F)(F)F)c(Br)c1. The van der Waals surface area contributed by atoms with Crippen molar-refractivity contribution in [1.82, 2.24) is 4.98 Å². The minimum Gasteiger partial charge on any atom is -0.320 e. The summed E-state index contributed by atoms with van der Waals surface area (Å²) in [5.41, 5.74) is 0.694. The lowest BCUT2D eigenvalue weighted by Gasteiger charge is -2.09. The fourth-order valence-corrected chi connectivity index (χ4v) is 3.85. The van der Waals surface area contributed by atoms with Crippen LogP contribution in [0.5, 0.6) is 0 Å². The molecule has 2 aromatic carbocycles. The van der Waals surface area contributed by atoms with E-state index in [-0.39, 0.29) is 5.01 Å². The standard InChI is InChI=1S/C18H12BrF3N2OS/c1-10-7-8-13(12(19)9-10)23-16(25)14-15(18(20,21)22)24-17(26-14)11-5-3-2-4-6-11/h2-9H,1H3,(H,23,25). The lowest BCUT2D eigenvalue weighted by molar-refractivity contribution is -0.140. The Morgan fingerprint density at radius 3 is 2.46 bits per heavy atom. The first kappa shape index (κ1) is 18.6. The second-order valence-corrected chi connectivity index (χ2v) is 7.35. The Kier molecular flexibility index (Phi) is 5.15. The molecule has 134 valence electrons. The largest absolute Gasteiger partial charge is 0.435 e. The Labute approximate surface area is 160 Å². The number of nitrogens with zero attached hydrogens (tertiary/aromatic N) is 1. The zero-order chi connectivity index (χ0) is 18.9. The van der Waals surface area contributed by atoms with Crippen LogP contribution in [0.25, 0.3) is 10.6 Å². The van der Waals surface area contributed by atoms with E-state index in [1.807, 2.05) is 6.92 Å². The van der Waals surface area contributed by atoms with Gasteiger partial charge in [0.25, 0.3) is 5.91 Å². The van der Waals surface area contributed by atoms with Crippen molar-refractivity contribution in [3.8, 4) is 10.6 Å². The molecule has 3 rings (SSSR count). The van der Waals surface area contributed by atoms with Crippen LogP contribution in [0.1, 0.15) is 20.9 Å². The Hall–Kier alpha value is -2.19. The minimum atomic E-state index is -4.72. The van der Waals surface area contributed by atoms with E-state index < -0.39 is 22.7 Å². The maximum Gasteiger partial charge on any atom is 0.435 e. The Bertz CT molecular complexity index is 955. The van der Waals surface area contributed by atoms with E-state index in [1.54, 1.807) is 48.5 Å². The molecule has 3 aromatic rings. The van der Waals surface area contributed by atoms with E-state index >= 15 is 0 Å². The van der Waals surface area contributed by atoms with Gasteiger partial charge in [-0.25, -0.2) is 4.98 Å². The van der Waals surface area contributed by atoms with Gasteiger partial charge in [0, 0.05) is 10.0 Å². The number of nitrogens with one attached hydrogen (secondary N) is 1. The first-order chi connectivity index (χ1) is 12.3. The van der Waals surface area contributed by atoms with Gasteiger partial charge in [-0.1, -0.05) is 36.4 Å². The average Bonchev–Trinajstić information content (AvgIpc) is 3.04. The molecule has 0 saturated carbocycles. The molecule has 0 radical (unpaired) electrons. The Morgan fingerprint density at radius 1 is 1.15 bits per heavy atom. The van der Waals surface area contributed by atoms with Gasteiger partial charge in [-0.2, -0.15) is 13.2 Å². The molecule has 0 aliphatic heterocycles. The molecular weight excluding hydrogens is 429 g/mol. The van der Waals surface area contributed by atoms with E-state index in [9.17, 15) is 18.0 Å². The second-order valence-electron chi connectivity index (χ2n) is 5.50. The topological polar surface area (TPSA) is 42.0 Å². The van der Waals surface area contributed by atoms with Crippen LogP contribution in [0.3, 0.4) is 0 Å². The zero-order valence-corrected chi connectivity index (χ0v) is 15.8. The van der Waals surface area contributed by atoms with Gasteiger partial charge in [0.15, 0.2) is 5.69 Å². The summed E-state index contributed by atoms with van der Waals surface area (Å²) in [6.45, 7) is 1.87. The first-order valence-electron chi connectivity index (χ1n) is 7.46. The third-order valence-corrected chi connectivity index (χ3v) is 5.25. The third-order valence-electron chi connectivity index (χ3n) is 3.50. The van der Waals surface area contributed by atoms with Crippen molar-refractivity contribution in [2.75, 3.05) is 5.32 Å². The predicted molar refractivity (Wildman–Crippen MR) is 99.4 cm³/mol. The van der Waals surface area contributed by atoms with Gasteiger partial charge in [0.05, 0.1) is 5.69 Å². The highest BCUT2D eigenvalue weighted by Gasteiger charge is 2.39. The summed E-state index contributed by atoms with van der Waals surface area (Å²) >= 11 is 4.02. The van der Waals surface area contributed by atoms with E-state index in [2.05, 4.69) is 26.2 Å². The highest BCUT2D eigenvalue weighted by atomic mass is 79.9. The summed E-state index contributed by atoms with van der Waals surface area (Å²) in [6.07, 6.45) is -4.72. The van der Waals surface area contributed by atoms with Gasteiger partial charge in [0.1, 0.15) is 9.88 Å². The van der Waals surface area contributed by atoms with Crippen LogP contribution in [0.4, 0.5) is 18.9 Å². The van der Waals surface area contributed by atoms with Crippen molar-refractivity contribution >= 4 is 38.9 Å². The van der Waals surface area contributed by atoms with Crippen molar-refractivity contribution in [3.05, 3.63) is 69.1 Å². The van der Waals surface area contributed by atoms with Crippen LogP contribution in [0.15, 0.2) is 53.0 Å². The Balaban J connectivity index is 2.00. The fourth-order valence-electron chi connectivity index (χ4n) is 2.27. The number of hydrogen-bond donors (Lipinski definition) is 1. The summed E-state index contributed by atoms with van der Waals surface area (Å²) in [7, 11) is 0. The van der Waals surface area contributed by atoms with Crippen LogP contribution in [-0.4, -0.2) is 10.9 Å². The van der Waals surface area contributed by atoms with Gasteiger partial charge in [0.2, 0.25) is 0 Å². The number of alkyl halides is 3. The molecule has 1 amide bonds.